The number of carbonyl (C=O) groups is 1. The summed E-state index contributed by atoms with van der Waals surface area (Å²) in [7, 11) is 1.61. The third-order valence-electron chi connectivity index (χ3n) is 1.62. The van der Waals surface area contributed by atoms with Gasteiger partial charge in [-0.25, -0.2) is 4.39 Å². The van der Waals surface area contributed by atoms with Gasteiger partial charge in [-0.1, -0.05) is 6.07 Å². The lowest BCUT2D eigenvalue weighted by molar-refractivity contribution is 0.0990. The van der Waals surface area contributed by atoms with Crippen molar-refractivity contribution >= 4 is 5.78 Å². The summed E-state index contributed by atoms with van der Waals surface area (Å²) in [5, 5.41) is 11.8. The number of halogens is 1. The van der Waals surface area contributed by atoms with Crippen molar-refractivity contribution in [3.05, 3.63) is 29.6 Å². The van der Waals surface area contributed by atoms with Crippen molar-refractivity contribution in [2.75, 3.05) is 13.6 Å². The van der Waals surface area contributed by atoms with Gasteiger partial charge in [0.15, 0.2) is 17.3 Å². The molecule has 0 atom stereocenters. The minimum absolute atomic E-state index is 0.00866. The quantitative estimate of drug-likeness (QED) is 0.685. The van der Waals surface area contributed by atoms with Crippen molar-refractivity contribution in [3.8, 4) is 5.75 Å². The molecule has 0 saturated carbocycles. The molecular weight excluding hydrogens is 173 g/mol. The Labute approximate surface area is 75.2 Å². The monoisotopic (exact) mass is 183 g/mol. The molecule has 13 heavy (non-hydrogen) atoms. The van der Waals surface area contributed by atoms with Gasteiger partial charge in [0.2, 0.25) is 0 Å². The molecule has 1 aromatic carbocycles. The molecule has 2 N–H and O–H groups in total. The molecule has 0 spiro atoms. The molecule has 0 aromatic heterocycles. The van der Waals surface area contributed by atoms with E-state index in [4.69, 9.17) is 0 Å². The molecule has 1 rings (SSSR count). The van der Waals surface area contributed by atoms with E-state index >= 15 is 0 Å². The number of hydrogen-bond acceptors (Lipinski definition) is 3. The van der Waals surface area contributed by atoms with Crippen molar-refractivity contribution in [3.63, 3.8) is 0 Å². The van der Waals surface area contributed by atoms with E-state index in [9.17, 15) is 14.3 Å². The second kappa shape index (κ2) is 4.00. The molecule has 0 aliphatic heterocycles. The van der Waals surface area contributed by atoms with Crippen LogP contribution in [0.25, 0.3) is 0 Å². The SMILES string of the molecule is CNCC(=O)c1cccc(F)c1O. The highest BCUT2D eigenvalue weighted by Crippen LogP contribution is 2.20. The number of phenolic OH excluding ortho intramolecular Hbond substituents is 1. The van der Waals surface area contributed by atoms with Crippen LogP contribution in [-0.4, -0.2) is 24.5 Å². The Morgan fingerprint density at radius 2 is 2.31 bits per heavy atom. The molecule has 0 fully saturated rings. The number of hydrogen-bond donors (Lipinski definition) is 2. The summed E-state index contributed by atoms with van der Waals surface area (Å²) in [5.41, 5.74) is 0.00866. The molecule has 0 amide bonds. The van der Waals surface area contributed by atoms with Gasteiger partial charge in [-0.05, 0) is 19.2 Å². The molecule has 1 aromatic rings. The largest absolute Gasteiger partial charge is 0.504 e. The highest BCUT2D eigenvalue weighted by atomic mass is 19.1. The first-order valence-corrected chi connectivity index (χ1v) is 3.82. The summed E-state index contributed by atoms with van der Waals surface area (Å²) >= 11 is 0. The Morgan fingerprint density at radius 1 is 1.62 bits per heavy atom. The molecule has 0 saturated heterocycles. The molecular formula is C9H10FNO2. The van der Waals surface area contributed by atoms with Crippen LogP contribution < -0.4 is 5.32 Å². The van der Waals surface area contributed by atoms with E-state index in [2.05, 4.69) is 5.32 Å². The minimum atomic E-state index is -0.776. The molecule has 4 heteroatoms. The van der Waals surface area contributed by atoms with Gasteiger partial charge in [0, 0.05) is 0 Å². The van der Waals surface area contributed by atoms with E-state index in [1.807, 2.05) is 0 Å². The molecule has 0 bridgehead atoms. The van der Waals surface area contributed by atoms with Crippen LogP contribution in [0.15, 0.2) is 18.2 Å². The average molecular weight is 183 g/mol. The van der Waals surface area contributed by atoms with Gasteiger partial charge in [0.25, 0.3) is 0 Å². The van der Waals surface area contributed by atoms with E-state index < -0.39 is 11.6 Å². The van der Waals surface area contributed by atoms with Crippen LogP contribution in [0.3, 0.4) is 0 Å². The van der Waals surface area contributed by atoms with Crippen molar-refractivity contribution in [2.24, 2.45) is 0 Å². The average Bonchev–Trinajstić information content (AvgIpc) is 2.10. The summed E-state index contributed by atoms with van der Waals surface area (Å²) < 4.78 is 12.8. The number of rotatable bonds is 3. The predicted molar refractivity (Wildman–Crippen MR) is 46.3 cm³/mol. The third kappa shape index (κ3) is 2.03. The molecule has 0 aliphatic rings. The van der Waals surface area contributed by atoms with Gasteiger partial charge in [-0.3, -0.25) is 4.79 Å². The molecule has 0 aliphatic carbocycles. The number of nitrogens with one attached hydrogen (secondary N) is 1. The molecule has 0 heterocycles. The minimum Gasteiger partial charge on any atom is -0.504 e. The molecule has 0 unspecified atom stereocenters. The number of phenols is 1. The van der Waals surface area contributed by atoms with Crippen molar-refractivity contribution in [1.82, 2.24) is 5.32 Å². The van der Waals surface area contributed by atoms with Crippen LogP contribution >= 0.6 is 0 Å². The van der Waals surface area contributed by atoms with Crippen LogP contribution in [0.5, 0.6) is 5.75 Å². The first kappa shape index (κ1) is 9.67. The van der Waals surface area contributed by atoms with E-state index in [-0.39, 0.29) is 17.9 Å². The van der Waals surface area contributed by atoms with Crippen LogP contribution in [0, 0.1) is 5.82 Å². The molecule has 3 nitrogen and oxygen atoms in total. The zero-order chi connectivity index (χ0) is 9.84. The van der Waals surface area contributed by atoms with Crippen LogP contribution in [0.1, 0.15) is 10.4 Å². The number of carbonyl (C=O) groups excluding carboxylic acids is 1. The van der Waals surface area contributed by atoms with E-state index in [0.29, 0.717) is 0 Å². The smallest absolute Gasteiger partial charge is 0.180 e. The predicted octanol–water partition coefficient (Wildman–Crippen LogP) is 0.933. The van der Waals surface area contributed by atoms with Crippen LogP contribution in [0.2, 0.25) is 0 Å². The first-order chi connectivity index (χ1) is 6.16. The lowest BCUT2D eigenvalue weighted by atomic mass is 10.1. The fraction of sp³-hybridized carbons (Fsp3) is 0.222. The normalized spacial score (nSPS) is 10.0. The zero-order valence-corrected chi connectivity index (χ0v) is 7.17. The lowest BCUT2D eigenvalue weighted by Gasteiger charge is -2.03. The fourth-order valence-electron chi connectivity index (χ4n) is 0.996. The van der Waals surface area contributed by atoms with E-state index in [0.717, 1.165) is 6.07 Å². The second-order valence-corrected chi connectivity index (χ2v) is 2.59. The maximum atomic E-state index is 12.8. The Hall–Kier alpha value is -1.42. The summed E-state index contributed by atoms with van der Waals surface area (Å²) in [6, 6.07) is 3.88. The van der Waals surface area contributed by atoms with Gasteiger partial charge in [-0.2, -0.15) is 0 Å². The highest BCUT2D eigenvalue weighted by molar-refractivity contribution is 5.99. The van der Waals surface area contributed by atoms with Gasteiger partial charge >= 0.3 is 0 Å². The topological polar surface area (TPSA) is 49.3 Å². The Balaban J connectivity index is 3.01. The van der Waals surface area contributed by atoms with E-state index in [1.165, 1.54) is 12.1 Å². The number of para-hydroxylation sites is 1. The number of benzene rings is 1. The standard InChI is InChI=1S/C9H10FNO2/c1-11-5-8(12)6-3-2-4-7(10)9(6)13/h2-4,11,13H,5H2,1H3. The van der Waals surface area contributed by atoms with Crippen molar-refractivity contribution in [2.45, 2.75) is 0 Å². The maximum absolute atomic E-state index is 12.8. The second-order valence-electron chi connectivity index (χ2n) is 2.59. The maximum Gasteiger partial charge on any atom is 0.180 e. The number of ketones is 1. The molecule has 70 valence electrons. The zero-order valence-electron chi connectivity index (χ0n) is 7.17. The number of Topliss-reactive ketones (excluding diaryl/α,β-unsaturated/α-hetero) is 1. The van der Waals surface area contributed by atoms with E-state index in [1.54, 1.807) is 7.05 Å². The van der Waals surface area contributed by atoms with Gasteiger partial charge < -0.3 is 10.4 Å². The summed E-state index contributed by atoms with van der Waals surface area (Å²) in [5.74, 6) is -1.69. The number of likely N-dealkylation sites (N-methyl/N-ethyl adjacent to an activating group) is 1. The van der Waals surface area contributed by atoms with Gasteiger partial charge in [-0.15, -0.1) is 0 Å². The van der Waals surface area contributed by atoms with Gasteiger partial charge in [0.05, 0.1) is 12.1 Å². The van der Waals surface area contributed by atoms with Crippen LogP contribution in [0.4, 0.5) is 4.39 Å². The Morgan fingerprint density at radius 3 is 2.92 bits per heavy atom. The lowest BCUT2D eigenvalue weighted by Crippen LogP contribution is -2.18. The summed E-state index contributed by atoms with van der Waals surface area (Å²) in [6.45, 7) is 0.0804. The van der Waals surface area contributed by atoms with Crippen molar-refractivity contribution < 1.29 is 14.3 Å². The first-order valence-electron chi connectivity index (χ1n) is 3.82. The highest BCUT2D eigenvalue weighted by Gasteiger charge is 2.12. The third-order valence-corrected chi connectivity index (χ3v) is 1.62. The summed E-state index contributed by atoms with van der Waals surface area (Å²) in [6.07, 6.45) is 0. The van der Waals surface area contributed by atoms with Crippen LogP contribution in [-0.2, 0) is 0 Å². The summed E-state index contributed by atoms with van der Waals surface area (Å²) in [4.78, 5) is 11.2. The van der Waals surface area contributed by atoms with Crippen molar-refractivity contribution in [1.29, 1.82) is 0 Å². The molecule has 0 radical (unpaired) electrons. The Bertz CT molecular complexity index is 325. The Kier molecular flexibility index (Phi) is 2.97. The van der Waals surface area contributed by atoms with Gasteiger partial charge in [0.1, 0.15) is 0 Å². The fourth-order valence-corrected chi connectivity index (χ4v) is 0.996. The number of aromatic hydroxyl groups is 1.